The van der Waals surface area contributed by atoms with Crippen molar-refractivity contribution >= 4 is 23.1 Å². The van der Waals surface area contributed by atoms with Crippen LogP contribution in [0.15, 0.2) is 48.5 Å². The van der Waals surface area contributed by atoms with Gasteiger partial charge in [0.05, 0.1) is 0 Å². The largest absolute Gasteiger partial charge is 0.431 e. The van der Waals surface area contributed by atoms with E-state index in [1.54, 1.807) is 0 Å². The van der Waals surface area contributed by atoms with E-state index in [0.717, 1.165) is 37.1 Å². The van der Waals surface area contributed by atoms with Gasteiger partial charge in [-0.05, 0) is 54.4 Å². The number of benzene rings is 2. The second kappa shape index (κ2) is 8.54. The Bertz CT molecular complexity index is 610. The number of aryl methyl sites for hydroxylation is 1. The zero-order valence-electron chi connectivity index (χ0n) is 13.3. The zero-order valence-corrected chi connectivity index (χ0v) is 14.1. The number of nitrogens with one attached hydrogen (secondary N) is 1. The number of ether oxygens (including phenoxy) is 1. The summed E-state index contributed by atoms with van der Waals surface area (Å²) >= 11 is 5.34. The molecule has 0 amide bonds. The van der Waals surface area contributed by atoms with Gasteiger partial charge in [0, 0.05) is 5.69 Å². The molecule has 0 saturated heterocycles. The minimum Gasteiger partial charge on any atom is -0.431 e. The second-order valence-electron chi connectivity index (χ2n) is 5.27. The number of hydrogen-bond acceptors (Lipinski definition) is 2. The molecular weight excluding hydrogens is 290 g/mol. The Morgan fingerprint density at radius 2 is 1.68 bits per heavy atom. The lowest BCUT2D eigenvalue weighted by molar-refractivity contribution is 0.551. The average molecular weight is 313 g/mol. The zero-order chi connectivity index (χ0) is 15.8. The van der Waals surface area contributed by atoms with E-state index >= 15 is 0 Å². The van der Waals surface area contributed by atoms with Crippen molar-refractivity contribution < 1.29 is 4.74 Å². The van der Waals surface area contributed by atoms with Gasteiger partial charge in [0.2, 0.25) is 0 Å². The predicted molar refractivity (Wildman–Crippen MR) is 97.7 cm³/mol. The van der Waals surface area contributed by atoms with Crippen molar-refractivity contribution in [1.29, 1.82) is 0 Å². The van der Waals surface area contributed by atoms with Crippen LogP contribution in [0.4, 0.5) is 5.69 Å². The first kappa shape index (κ1) is 16.5. The molecule has 0 radical (unpaired) electrons. The summed E-state index contributed by atoms with van der Waals surface area (Å²) in [5, 5.41) is 3.51. The molecule has 0 heterocycles. The van der Waals surface area contributed by atoms with Gasteiger partial charge in [0.15, 0.2) is 0 Å². The molecule has 1 N–H and O–H groups in total. The molecular formula is C19H23NOS. The van der Waals surface area contributed by atoms with Crippen LogP contribution in [-0.4, -0.2) is 5.17 Å². The Hall–Kier alpha value is -1.87. The fourth-order valence-corrected chi connectivity index (χ4v) is 2.72. The maximum absolute atomic E-state index is 5.91. The summed E-state index contributed by atoms with van der Waals surface area (Å²) in [6.45, 7) is 4.39. The topological polar surface area (TPSA) is 21.3 Å². The fraction of sp³-hybridized carbons (Fsp3) is 0.316. The lowest BCUT2D eigenvalue weighted by Crippen LogP contribution is -2.17. The molecule has 22 heavy (non-hydrogen) atoms. The third-order valence-electron chi connectivity index (χ3n) is 3.47. The molecule has 0 aliphatic carbocycles. The molecule has 116 valence electrons. The smallest absolute Gasteiger partial charge is 0.266 e. The van der Waals surface area contributed by atoms with Crippen LogP contribution in [-0.2, 0) is 12.8 Å². The molecule has 2 aromatic carbocycles. The first-order valence-corrected chi connectivity index (χ1v) is 8.30. The van der Waals surface area contributed by atoms with Gasteiger partial charge in [-0.3, -0.25) is 0 Å². The molecule has 2 aromatic rings. The van der Waals surface area contributed by atoms with E-state index in [4.69, 9.17) is 17.0 Å². The van der Waals surface area contributed by atoms with Crippen LogP contribution in [0.3, 0.4) is 0 Å². The van der Waals surface area contributed by atoms with Crippen molar-refractivity contribution in [2.24, 2.45) is 0 Å². The molecule has 2 nitrogen and oxygen atoms in total. The van der Waals surface area contributed by atoms with Crippen LogP contribution in [0.25, 0.3) is 0 Å². The highest BCUT2D eigenvalue weighted by molar-refractivity contribution is 7.80. The Morgan fingerprint density at radius 1 is 0.955 bits per heavy atom. The summed E-state index contributed by atoms with van der Waals surface area (Å²) in [5.74, 6) is 0.876. The summed E-state index contributed by atoms with van der Waals surface area (Å²) < 4.78 is 5.91. The predicted octanol–water partition coefficient (Wildman–Crippen LogP) is 5.37. The van der Waals surface area contributed by atoms with Gasteiger partial charge in [-0.25, -0.2) is 0 Å². The molecule has 2 rings (SSSR count). The summed E-state index contributed by atoms with van der Waals surface area (Å²) in [5.41, 5.74) is 3.59. The Morgan fingerprint density at radius 3 is 2.36 bits per heavy atom. The normalized spacial score (nSPS) is 10.3. The highest BCUT2D eigenvalue weighted by Gasteiger charge is 2.10. The lowest BCUT2D eigenvalue weighted by Gasteiger charge is -2.16. The molecule has 0 fully saturated rings. The molecule has 0 bridgehead atoms. The van der Waals surface area contributed by atoms with Gasteiger partial charge < -0.3 is 10.1 Å². The first-order chi connectivity index (χ1) is 10.7. The average Bonchev–Trinajstić information content (AvgIpc) is 2.51. The maximum atomic E-state index is 5.91. The summed E-state index contributed by atoms with van der Waals surface area (Å²) in [6, 6.07) is 16.1. The van der Waals surface area contributed by atoms with Crippen LogP contribution in [0, 0.1) is 0 Å². The van der Waals surface area contributed by atoms with Gasteiger partial charge in [-0.15, -0.1) is 0 Å². The minimum atomic E-state index is 0.386. The van der Waals surface area contributed by atoms with E-state index in [2.05, 4.69) is 25.2 Å². The SMILES string of the molecule is CCCc1cccc(OC(=S)Nc2ccccc2)c1CCC. The van der Waals surface area contributed by atoms with Crippen LogP contribution in [0.2, 0.25) is 0 Å². The Labute approximate surface area is 138 Å². The van der Waals surface area contributed by atoms with Gasteiger partial charge in [0.1, 0.15) is 5.75 Å². The number of hydrogen-bond donors (Lipinski definition) is 1. The number of para-hydroxylation sites is 1. The van der Waals surface area contributed by atoms with Crippen molar-refractivity contribution in [1.82, 2.24) is 0 Å². The van der Waals surface area contributed by atoms with E-state index in [1.807, 2.05) is 42.5 Å². The summed E-state index contributed by atoms with van der Waals surface area (Å²) in [7, 11) is 0. The standard InChI is InChI=1S/C19H23NOS/c1-3-9-15-11-8-14-18(17(15)10-4-2)21-19(22)20-16-12-6-5-7-13-16/h5-8,11-14H,3-4,9-10H2,1-2H3,(H,20,22). The van der Waals surface area contributed by atoms with Gasteiger partial charge in [-0.2, -0.15) is 0 Å². The van der Waals surface area contributed by atoms with Crippen molar-refractivity contribution in [2.75, 3.05) is 5.32 Å². The van der Waals surface area contributed by atoms with E-state index in [-0.39, 0.29) is 0 Å². The molecule has 0 aromatic heterocycles. The van der Waals surface area contributed by atoms with Crippen molar-refractivity contribution in [3.05, 3.63) is 59.7 Å². The van der Waals surface area contributed by atoms with Crippen LogP contribution < -0.4 is 10.1 Å². The van der Waals surface area contributed by atoms with E-state index < -0.39 is 0 Å². The summed E-state index contributed by atoms with van der Waals surface area (Å²) in [6.07, 6.45) is 4.31. The van der Waals surface area contributed by atoms with Crippen LogP contribution in [0.5, 0.6) is 5.75 Å². The number of rotatable bonds is 6. The molecule has 0 spiro atoms. The molecule has 0 aliphatic rings. The quantitative estimate of drug-likeness (QED) is 0.725. The molecule has 0 unspecified atom stereocenters. The second-order valence-corrected chi connectivity index (χ2v) is 5.65. The molecule has 3 heteroatoms. The minimum absolute atomic E-state index is 0.386. The fourth-order valence-electron chi connectivity index (χ4n) is 2.51. The Kier molecular flexibility index (Phi) is 6.41. The van der Waals surface area contributed by atoms with Crippen LogP contribution >= 0.6 is 12.2 Å². The van der Waals surface area contributed by atoms with Gasteiger partial charge in [0.25, 0.3) is 5.17 Å². The van der Waals surface area contributed by atoms with E-state index in [1.165, 1.54) is 11.1 Å². The first-order valence-electron chi connectivity index (χ1n) is 7.89. The molecule has 0 saturated carbocycles. The lowest BCUT2D eigenvalue weighted by atomic mass is 9.99. The van der Waals surface area contributed by atoms with E-state index in [9.17, 15) is 0 Å². The molecule has 0 atom stereocenters. The molecule has 0 aliphatic heterocycles. The van der Waals surface area contributed by atoms with Crippen molar-refractivity contribution in [3.63, 3.8) is 0 Å². The highest BCUT2D eigenvalue weighted by atomic mass is 32.1. The Balaban J connectivity index is 2.14. The number of thiocarbonyl (C=S) groups is 1. The number of anilines is 1. The van der Waals surface area contributed by atoms with Crippen molar-refractivity contribution in [2.45, 2.75) is 39.5 Å². The van der Waals surface area contributed by atoms with Gasteiger partial charge >= 0.3 is 0 Å². The van der Waals surface area contributed by atoms with Gasteiger partial charge in [-0.1, -0.05) is 57.0 Å². The highest BCUT2D eigenvalue weighted by Crippen LogP contribution is 2.25. The third kappa shape index (κ3) is 4.57. The third-order valence-corrected chi connectivity index (χ3v) is 3.66. The maximum Gasteiger partial charge on any atom is 0.266 e. The monoisotopic (exact) mass is 313 g/mol. The van der Waals surface area contributed by atoms with Crippen molar-refractivity contribution in [3.8, 4) is 5.75 Å². The van der Waals surface area contributed by atoms with E-state index in [0.29, 0.717) is 5.17 Å². The summed E-state index contributed by atoms with van der Waals surface area (Å²) in [4.78, 5) is 0. The van der Waals surface area contributed by atoms with Crippen LogP contribution in [0.1, 0.15) is 37.8 Å².